The molecule has 0 heterocycles. The lowest BCUT2D eigenvalue weighted by Gasteiger charge is -2.26. The van der Waals surface area contributed by atoms with Crippen LogP contribution < -0.4 is 10.5 Å². The van der Waals surface area contributed by atoms with Crippen molar-refractivity contribution < 1.29 is 12.8 Å². The van der Waals surface area contributed by atoms with Gasteiger partial charge in [0.15, 0.2) is 0 Å². The van der Waals surface area contributed by atoms with E-state index in [2.05, 4.69) is 11.6 Å². The molecule has 0 aliphatic heterocycles. The number of hydrogen-bond acceptors (Lipinski definition) is 3. The zero-order chi connectivity index (χ0) is 14.8. The molecular weight excluding hydrogens is 279 g/mol. The maximum absolute atomic E-state index is 13.3. The summed E-state index contributed by atoms with van der Waals surface area (Å²) in [5.74, 6) is 0.304. The number of nitrogen functional groups attached to an aromatic ring is 1. The fourth-order valence-corrected chi connectivity index (χ4v) is 3.86. The first kappa shape index (κ1) is 15.3. The van der Waals surface area contributed by atoms with Gasteiger partial charge >= 0.3 is 0 Å². The molecule has 4 nitrogen and oxygen atoms in total. The number of nitrogens with one attached hydrogen (secondary N) is 1. The van der Waals surface area contributed by atoms with Gasteiger partial charge in [-0.3, -0.25) is 0 Å². The van der Waals surface area contributed by atoms with Crippen molar-refractivity contribution in [3.05, 3.63) is 24.0 Å². The summed E-state index contributed by atoms with van der Waals surface area (Å²) in [6, 6.07) is 3.55. The Morgan fingerprint density at radius 3 is 2.80 bits per heavy atom. The van der Waals surface area contributed by atoms with Gasteiger partial charge < -0.3 is 5.73 Å². The Kier molecular flexibility index (Phi) is 4.65. The summed E-state index contributed by atoms with van der Waals surface area (Å²) < 4.78 is 40.1. The van der Waals surface area contributed by atoms with Crippen LogP contribution in [0.15, 0.2) is 23.1 Å². The van der Waals surface area contributed by atoms with Gasteiger partial charge in [-0.05, 0) is 42.9 Å². The van der Waals surface area contributed by atoms with E-state index >= 15 is 0 Å². The molecule has 2 unspecified atom stereocenters. The molecule has 1 aliphatic carbocycles. The second kappa shape index (κ2) is 6.10. The summed E-state index contributed by atoms with van der Waals surface area (Å²) in [6.07, 6.45) is 4.44. The minimum Gasteiger partial charge on any atom is -0.396 e. The van der Waals surface area contributed by atoms with Crippen LogP contribution in [0.5, 0.6) is 0 Å². The standard InChI is InChI=1S/C14H21FN2O2S/c1-10-3-2-4-11(7-10)9-17-20(18,19)12-5-6-14(16)13(15)8-12/h5-6,8,10-11,17H,2-4,7,9,16H2,1H3. The van der Waals surface area contributed by atoms with Crippen LogP contribution in [0.3, 0.4) is 0 Å². The van der Waals surface area contributed by atoms with E-state index in [-0.39, 0.29) is 10.6 Å². The molecule has 1 saturated carbocycles. The monoisotopic (exact) mass is 300 g/mol. The molecule has 2 atom stereocenters. The van der Waals surface area contributed by atoms with Crippen molar-refractivity contribution in [3.63, 3.8) is 0 Å². The second-order valence-electron chi connectivity index (χ2n) is 5.67. The molecule has 20 heavy (non-hydrogen) atoms. The first-order valence-corrected chi connectivity index (χ1v) is 8.41. The van der Waals surface area contributed by atoms with Crippen molar-refractivity contribution in [2.75, 3.05) is 12.3 Å². The predicted molar refractivity (Wildman–Crippen MR) is 77.1 cm³/mol. The van der Waals surface area contributed by atoms with Crippen molar-refractivity contribution in [1.82, 2.24) is 4.72 Å². The number of sulfonamides is 1. The first-order chi connectivity index (χ1) is 9.38. The van der Waals surface area contributed by atoms with Gasteiger partial charge in [0.05, 0.1) is 10.6 Å². The smallest absolute Gasteiger partial charge is 0.240 e. The fraction of sp³-hybridized carbons (Fsp3) is 0.571. The third-order valence-corrected chi connectivity index (χ3v) is 5.31. The third kappa shape index (κ3) is 3.70. The van der Waals surface area contributed by atoms with Gasteiger partial charge in [0.25, 0.3) is 0 Å². The highest BCUT2D eigenvalue weighted by Gasteiger charge is 2.22. The number of halogens is 1. The van der Waals surface area contributed by atoms with Crippen molar-refractivity contribution in [3.8, 4) is 0 Å². The molecular formula is C14H21FN2O2S. The van der Waals surface area contributed by atoms with Crippen molar-refractivity contribution in [2.45, 2.75) is 37.5 Å². The van der Waals surface area contributed by atoms with E-state index in [4.69, 9.17) is 5.73 Å². The zero-order valence-corrected chi connectivity index (χ0v) is 12.4. The molecule has 2 rings (SSSR count). The van der Waals surface area contributed by atoms with E-state index in [0.717, 1.165) is 25.3 Å². The maximum Gasteiger partial charge on any atom is 0.240 e. The number of rotatable bonds is 4. The Morgan fingerprint density at radius 1 is 1.40 bits per heavy atom. The van der Waals surface area contributed by atoms with E-state index < -0.39 is 15.8 Å². The summed E-state index contributed by atoms with van der Waals surface area (Å²) >= 11 is 0. The molecule has 1 fully saturated rings. The molecule has 1 aliphatic rings. The number of benzene rings is 1. The van der Waals surface area contributed by atoms with Gasteiger partial charge in [-0.15, -0.1) is 0 Å². The number of nitrogens with two attached hydrogens (primary N) is 1. The molecule has 0 amide bonds. The zero-order valence-electron chi connectivity index (χ0n) is 11.6. The summed E-state index contributed by atoms with van der Waals surface area (Å²) in [5.41, 5.74) is 5.30. The Hall–Kier alpha value is -1.14. The van der Waals surface area contributed by atoms with E-state index in [1.165, 1.54) is 18.6 Å². The molecule has 112 valence electrons. The van der Waals surface area contributed by atoms with Crippen LogP contribution in [0.25, 0.3) is 0 Å². The van der Waals surface area contributed by atoms with Crippen LogP contribution in [0.4, 0.5) is 10.1 Å². The second-order valence-corrected chi connectivity index (χ2v) is 7.44. The highest BCUT2D eigenvalue weighted by atomic mass is 32.2. The topological polar surface area (TPSA) is 72.2 Å². The quantitative estimate of drug-likeness (QED) is 0.839. The van der Waals surface area contributed by atoms with Crippen molar-refractivity contribution >= 4 is 15.7 Å². The van der Waals surface area contributed by atoms with Crippen molar-refractivity contribution in [2.24, 2.45) is 11.8 Å². The minimum absolute atomic E-state index is 0.0509. The van der Waals surface area contributed by atoms with E-state index in [0.29, 0.717) is 18.4 Å². The number of hydrogen-bond donors (Lipinski definition) is 2. The minimum atomic E-state index is -3.66. The maximum atomic E-state index is 13.3. The molecule has 6 heteroatoms. The van der Waals surface area contributed by atoms with E-state index in [1.807, 2.05) is 0 Å². The van der Waals surface area contributed by atoms with Gasteiger partial charge in [0.1, 0.15) is 5.82 Å². The van der Waals surface area contributed by atoms with Crippen LogP contribution in [-0.2, 0) is 10.0 Å². The van der Waals surface area contributed by atoms with Crippen LogP contribution in [0.1, 0.15) is 32.6 Å². The highest BCUT2D eigenvalue weighted by molar-refractivity contribution is 7.89. The summed E-state index contributed by atoms with van der Waals surface area (Å²) in [7, 11) is -3.66. The molecule has 0 aromatic heterocycles. The molecule has 1 aromatic carbocycles. The lowest BCUT2D eigenvalue weighted by atomic mass is 9.83. The largest absolute Gasteiger partial charge is 0.396 e. The van der Waals surface area contributed by atoms with E-state index in [9.17, 15) is 12.8 Å². The lowest BCUT2D eigenvalue weighted by molar-refractivity contribution is 0.283. The van der Waals surface area contributed by atoms with Crippen LogP contribution in [-0.4, -0.2) is 15.0 Å². The van der Waals surface area contributed by atoms with Gasteiger partial charge in [0, 0.05) is 6.54 Å². The Morgan fingerprint density at radius 2 is 2.15 bits per heavy atom. The van der Waals surface area contributed by atoms with Crippen LogP contribution >= 0.6 is 0 Å². The average Bonchev–Trinajstić information content (AvgIpc) is 2.40. The number of anilines is 1. The molecule has 1 aromatic rings. The third-order valence-electron chi connectivity index (χ3n) is 3.89. The Bertz CT molecular complexity index is 575. The van der Waals surface area contributed by atoms with Gasteiger partial charge in [0.2, 0.25) is 10.0 Å². The van der Waals surface area contributed by atoms with Crippen LogP contribution in [0.2, 0.25) is 0 Å². The predicted octanol–water partition coefficient (Wildman–Crippen LogP) is 2.51. The average molecular weight is 300 g/mol. The Labute approximate surface area is 119 Å². The van der Waals surface area contributed by atoms with E-state index in [1.54, 1.807) is 0 Å². The molecule has 0 spiro atoms. The van der Waals surface area contributed by atoms with Crippen LogP contribution in [0, 0.1) is 17.7 Å². The summed E-state index contributed by atoms with van der Waals surface area (Å²) in [5, 5.41) is 0. The molecule has 0 radical (unpaired) electrons. The first-order valence-electron chi connectivity index (χ1n) is 6.93. The van der Waals surface area contributed by atoms with Gasteiger partial charge in [-0.25, -0.2) is 17.5 Å². The van der Waals surface area contributed by atoms with Gasteiger partial charge in [-0.1, -0.05) is 19.8 Å². The molecule has 3 N–H and O–H groups in total. The fourth-order valence-electron chi connectivity index (χ4n) is 2.73. The SMILES string of the molecule is CC1CCCC(CNS(=O)(=O)c2ccc(N)c(F)c2)C1. The highest BCUT2D eigenvalue weighted by Crippen LogP contribution is 2.28. The Balaban J connectivity index is 2.01. The summed E-state index contributed by atoms with van der Waals surface area (Å²) in [6.45, 7) is 2.61. The normalized spacial score (nSPS) is 23.7. The molecule has 0 saturated heterocycles. The van der Waals surface area contributed by atoms with Crippen molar-refractivity contribution in [1.29, 1.82) is 0 Å². The van der Waals surface area contributed by atoms with Gasteiger partial charge in [-0.2, -0.15) is 0 Å². The summed E-state index contributed by atoms with van der Waals surface area (Å²) in [4.78, 5) is -0.0759. The molecule has 0 bridgehead atoms. The lowest BCUT2D eigenvalue weighted by Crippen LogP contribution is -2.31.